The van der Waals surface area contributed by atoms with E-state index in [4.69, 9.17) is 0 Å². The largest absolute Gasteiger partial charge is 0.322 e. The van der Waals surface area contributed by atoms with Crippen molar-refractivity contribution in [2.75, 3.05) is 0 Å². The minimum atomic E-state index is -0.0321. The molecule has 124 valence electrons. The molecule has 2 heterocycles. The van der Waals surface area contributed by atoms with Gasteiger partial charge in [0.05, 0.1) is 6.20 Å². The van der Waals surface area contributed by atoms with Crippen LogP contribution in [-0.2, 0) is 13.5 Å². The smallest absolute Gasteiger partial charge is 0.251 e. The molecule has 0 bridgehead atoms. The van der Waals surface area contributed by atoms with E-state index in [0.717, 1.165) is 26.9 Å². The van der Waals surface area contributed by atoms with Crippen LogP contribution in [-0.4, -0.2) is 20.3 Å². The molecule has 24 heavy (non-hydrogen) atoms. The average Bonchev–Trinajstić information content (AvgIpc) is 3.15. The lowest BCUT2D eigenvalue weighted by Crippen LogP contribution is -2.19. The molecule has 0 aliphatic heterocycles. The van der Waals surface area contributed by atoms with E-state index in [0.29, 0.717) is 6.42 Å². The van der Waals surface area contributed by atoms with Crippen LogP contribution in [0.4, 0.5) is 0 Å². The van der Waals surface area contributed by atoms with Crippen LogP contribution in [0, 0.1) is 0 Å². The number of fused-ring (bicyclic) bond motifs is 1. The van der Waals surface area contributed by atoms with Gasteiger partial charge in [-0.1, -0.05) is 0 Å². The molecule has 0 unspecified atom stereocenters. The number of aromatic amines is 1. The quantitative estimate of drug-likeness (QED) is 0.701. The van der Waals surface area contributed by atoms with E-state index in [1.54, 1.807) is 22.8 Å². The first-order chi connectivity index (χ1) is 11.5. The molecule has 0 saturated heterocycles. The minimum Gasteiger partial charge on any atom is -0.322 e. The number of benzene rings is 1. The third kappa shape index (κ3) is 3.25. The van der Waals surface area contributed by atoms with E-state index in [9.17, 15) is 4.79 Å². The molecule has 5 nitrogen and oxygen atoms in total. The van der Waals surface area contributed by atoms with Crippen molar-refractivity contribution in [1.82, 2.24) is 19.5 Å². The van der Waals surface area contributed by atoms with Crippen molar-refractivity contribution in [2.45, 2.75) is 36.6 Å². The van der Waals surface area contributed by atoms with Gasteiger partial charge in [-0.15, -0.1) is 0 Å². The van der Waals surface area contributed by atoms with Crippen molar-refractivity contribution in [3.05, 3.63) is 58.1 Å². The second-order valence-electron chi connectivity index (χ2n) is 6.84. The van der Waals surface area contributed by atoms with Crippen molar-refractivity contribution >= 4 is 22.9 Å². The van der Waals surface area contributed by atoms with Gasteiger partial charge in [-0.25, -0.2) is 0 Å². The molecule has 1 saturated carbocycles. The lowest BCUT2D eigenvalue weighted by atomic mass is 10.1. The highest BCUT2D eigenvalue weighted by Crippen LogP contribution is 2.37. The molecule has 0 radical (unpaired) electrons. The summed E-state index contributed by atoms with van der Waals surface area (Å²) >= 11 is 1.67. The second-order valence-corrected chi connectivity index (χ2v) is 7.72. The van der Waals surface area contributed by atoms with E-state index in [1.165, 1.54) is 12.8 Å². The molecule has 4 rings (SSSR count). The Bertz CT molecular complexity index is 955. The Morgan fingerprint density at radius 2 is 2.21 bits per heavy atom. The second kappa shape index (κ2) is 5.79. The van der Waals surface area contributed by atoms with E-state index < -0.39 is 0 Å². The summed E-state index contributed by atoms with van der Waals surface area (Å²) in [6.07, 6.45) is 6.80. The van der Waals surface area contributed by atoms with Gasteiger partial charge in [0.2, 0.25) is 0 Å². The highest BCUT2D eigenvalue weighted by atomic mass is 32.2. The van der Waals surface area contributed by atoms with Crippen LogP contribution in [0.25, 0.3) is 10.9 Å². The topological polar surface area (TPSA) is 62.7 Å². The van der Waals surface area contributed by atoms with E-state index in [-0.39, 0.29) is 11.1 Å². The molecule has 1 aliphatic carbocycles. The number of nitrogens with one attached hydrogen (secondary N) is 2. The van der Waals surface area contributed by atoms with Crippen molar-refractivity contribution < 1.29 is 0 Å². The van der Waals surface area contributed by atoms with Crippen LogP contribution < -0.4 is 10.3 Å². The molecule has 1 fully saturated rings. The van der Waals surface area contributed by atoms with Gasteiger partial charge in [-0.05, 0) is 66.9 Å². The van der Waals surface area contributed by atoms with Gasteiger partial charge in [0, 0.05) is 41.2 Å². The molecule has 3 aromatic rings. The summed E-state index contributed by atoms with van der Waals surface area (Å²) < 4.78 is 5.27. The molecule has 1 aromatic carbocycles. The summed E-state index contributed by atoms with van der Waals surface area (Å²) in [6, 6.07) is 8.14. The molecular formula is C18H20N4OS. The number of aromatic nitrogens is 3. The zero-order valence-electron chi connectivity index (χ0n) is 13.8. The van der Waals surface area contributed by atoms with Gasteiger partial charge in [0.1, 0.15) is 0 Å². The standard InChI is InChI=1S/C18H20N4OS/c1-18(5-6-18)21-24-15-3-4-16-13(9-15)8-14(17(23)20-16)7-12-10-19-22(2)11-12/h3-4,8-11,21H,5-7H2,1-2H3,(H,20,23). The Morgan fingerprint density at radius 1 is 1.38 bits per heavy atom. The Hall–Kier alpha value is -2.05. The molecule has 0 spiro atoms. The van der Waals surface area contributed by atoms with Crippen LogP contribution >= 0.6 is 11.9 Å². The number of hydrogen-bond acceptors (Lipinski definition) is 4. The fourth-order valence-electron chi connectivity index (χ4n) is 2.68. The predicted molar refractivity (Wildman–Crippen MR) is 97.2 cm³/mol. The summed E-state index contributed by atoms with van der Waals surface area (Å²) in [4.78, 5) is 16.4. The summed E-state index contributed by atoms with van der Waals surface area (Å²) in [5, 5.41) is 5.22. The number of H-pyrrole nitrogens is 1. The summed E-state index contributed by atoms with van der Waals surface area (Å²) in [5.41, 5.74) is 2.93. The first-order valence-electron chi connectivity index (χ1n) is 8.08. The van der Waals surface area contributed by atoms with Crippen molar-refractivity contribution in [3.63, 3.8) is 0 Å². The SMILES string of the molecule is Cn1cc(Cc2cc3cc(SNC4(C)CC4)ccc3[nH]c2=O)cn1. The zero-order valence-corrected chi connectivity index (χ0v) is 14.6. The van der Waals surface area contributed by atoms with Crippen LogP contribution in [0.15, 0.2) is 46.3 Å². The van der Waals surface area contributed by atoms with E-state index in [1.807, 2.05) is 31.4 Å². The van der Waals surface area contributed by atoms with Crippen molar-refractivity contribution in [2.24, 2.45) is 7.05 Å². The Kier molecular flexibility index (Phi) is 3.73. The predicted octanol–water partition coefficient (Wildman–Crippen LogP) is 3.00. The summed E-state index contributed by atoms with van der Waals surface area (Å²) in [5.74, 6) is 0. The van der Waals surface area contributed by atoms with E-state index in [2.05, 4.69) is 27.8 Å². The number of rotatable bonds is 5. The lowest BCUT2D eigenvalue weighted by molar-refractivity contribution is 0.701. The number of hydrogen-bond donors (Lipinski definition) is 2. The molecule has 2 aromatic heterocycles. The van der Waals surface area contributed by atoms with Crippen molar-refractivity contribution in [1.29, 1.82) is 0 Å². The van der Waals surface area contributed by atoms with Crippen molar-refractivity contribution in [3.8, 4) is 0 Å². The Morgan fingerprint density at radius 3 is 2.92 bits per heavy atom. The third-order valence-electron chi connectivity index (χ3n) is 4.46. The number of nitrogens with zero attached hydrogens (tertiary/aromatic N) is 2. The number of pyridine rings is 1. The normalized spacial score (nSPS) is 15.8. The molecule has 0 atom stereocenters. The maximum Gasteiger partial charge on any atom is 0.251 e. The van der Waals surface area contributed by atoms with Crippen LogP contribution in [0.3, 0.4) is 0 Å². The van der Waals surface area contributed by atoms with Gasteiger partial charge in [-0.3, -0.25) is 14.2 Å². The highest BCUT2D eigenvalue weighted by molar-refractivity contribution is 7.97. The Labute approximate surface area is 144 Å². The van der Waals surface area contributed by atoms with Gasteiger partial charge < -0.3 is 4.98 Å². The monoisotopic (exact) mass is 340 g/mol. The average molecular weight is 340 g/mol. The fraction of sp³-hybridized carbons (Fsp3) is 0.333. The maximum atomic E-state index is 12.3. The van der Waals surface area contributed by atoms with Gasteiger partial charge in [0.15, 0.2) is 0 Å². The van der Waals surface area contributed by atoms with Crippen LogP contribution in [0.2, 0.25) is 0 Å². The lowest BCUT2D eigenvalue weighted by Gasteiger charge is -2.10. The summed E-state index contributed by atoms with van der Waals surface area (Å²) in [7, 11) is 1.88. The first kappa shape index (κ1) is 15.5. The molecular weight excluding hydrogens is 320 g/mol. The van der Waals surface area contributed by atoms with Gasteiger partial charge in [0.25, 0.3) is 5.56 Å². The van der Waals surface area contributed by atoms with Crippen LogP contribution in [0.1, 0.15) is 30.9 Å². The molecule has 6 heteroatoms. The Balaban J connectivity index is 1.62. The molecule has 2 N–H and O–H groups in total. The zero-order chi connectivity index (χ0) is 16.7. The van der Waals surface area contributed by atoms with Crippen LogP contribution in [0.5, 0.6) is 0 Å². The molecule has 1 aliphatic rings. The van der Waals surface area contributed by atoms with E-state index >= 15 is 0 Å². The maximum absolute atomic E-state index is 12.3. The third-order valence-corrected chi connectivity index (χ3v) is 5.55. The highest BCUT2D eigenvalue weighted by Gasteiger charge is 2.36. The summed E-state index contributed by atoms with van der Waals surface area (Å²) in [6.45, 7) is 2.24. The number of aryl methyl sites for hydroxylation is 1. The first-order valence-corrected chi connectivity index (χ1v) is 8.90. The van der Waals surface area contributed by atoms with Gasteiger partial charge >= 0.3 is 0 Å². The molecule has 0 amide bonds. The van der Waals surface area contributed by atoms with Gasteiger partial charge in [-0.2, -0.15) is 5.10 Å². The fourth-order valence-corrected chi connectivity index (χ4v) is 3.57. The minimum absolute atomic E-state index is 0.0321.